The first kappa shape index (κ1) is 22.7. The average Bonchev–Trinajstić information content (AvgIpc) is 3.43. The van der Waals surface area contributed by atoms with Crippen molar-refractivity contribution >= 4 is 17.5 Å². The minimum absolute atomic E-state index is 0.0194. The number of ketones is 2. The zero-order valence-corrected chi connectivity index (χ0v) is 20.6. The van der Waals surface area contributed by atoms with Crippen LogP contribution in [0.25, 0.3) is 0 Å². The van der Waals surface area contributed by atoms with Crippen molar-refractivity contribution in [2.75, 3.05) is 6.61 Å². The number of aliphatic hydroxyl groups excluding tert-OH is 1. The maximum atomic E-state index is 13.3. The van der Waals surface area contributed by atoms with Gasteiger partial charge in [-0.1, -0.05) is 19.4 Å². The molecule has 184 valence electrons. The van der Waals surface area contributed by atoms with Gasteiger partial charge < -0.3 is 14.6 Å². The largest absolute Gasteiger partial charge is 0.458 e. The average molecular weight is 469 g/mol. The SMILES string of the molecule is CC1=C(CO)C(=O)O[C@@H]([C@@H](C)[C@H]2CC[C@H]3[C@@H]4C[C@H]5O[C@]56C(=O)C=CC(=O)[C@]6(C)[C@H]4CC[C@]23C)C1. The van der Waals surface area contributed by atoms with Gasteiger partial charge >= 0.3 is 5.97 Å². The van der Waals surface area contributed by atoms with Crippen LogP contribution < -0.4 is 0 Å². The first-order valence-corrected chi connectivity index (χ1v) is 13.0. The second kappa shape index (κ2) is 7.13. The van der Waals surface area contributed by atoms with Gasteiger partial charge in [0.05, 0.1) is 23.7 Å². The maximum Gasteiger partial charge on any atom is 0.336 e. The number of esters is 1. The molecule has 1 spiro atoms. The fraction of sp³-hybridized carbons (Fsp3) is 0.750. The molecule has 4 fully saturated rings. The number of epoxide rings is 1. The number of carbonyl (C=O) groups excluding carboxylic acids is 3. The highest BCUT2D eigenvalue weighted by atomic mass is 16.6. The van der Waals surface area contributed by atoms with Gasteiger partial charge in [-0.05, 0) is 93.1 Å². The number of hydrogen-bond acceptors (Lipinski definition) is 6. The van der Waals surface area contributed by atoms with Crippen LogP contribution in [0.2, 0.25) is 0 Å². The monoisotopic (exact) mass is 468 g/mol. The second-order valence-corrected chi connectivity index (χ2v) is 12.4. The molecule has 0 unspecified atom stereocenters. The molecule has 1 N–H and O–H groups in total. The molecule has 0 amide bonds. The van der Waals surface area contributed by atoms with Gasteiger partial charge in [-0.15, -0.1) is 0 Å². The van der Waals surface area contributed by atoms with Crippen molar-refractivity contribution < 1.29 is 29.0 Å². The van der Waals surface area contributed by atoms with Crippen LogP contribution >= 0.6 is 0 Å². The lowest BCUT2D eigenvalue weighted by Gasteiger charge is -2.57. The fourth-order valence-corrected chi connectivity index (χ4v) is 9.51. The van der Waals surface area contributed by atoms with Crippen LogP contribution in [0.3, 0.4) is 0 Å². The van der Waals surface area contributed by atoms with Gasteiger partial charge in [0, 0.05) is 6.42 Å². The Morgan fingerprint density at radius 3 is 2.53 bits per heavy atom. The van der Waals surface area contributed by atoms with E-state index < -0.39 is 11.0 Å². The molecular weight excluding hydrogens is 432 g/mol. The third-order valence-electron chi connectivity index (χ3n) is 11.4. The highest BCUT2D eigenvalue weighted by Crippen LogP contribution is 2.72. The summed E-state index contributed by atoms with van der Waals surface area (Å²) >= 11 is 0. The van der Waals surface area contributed by atoms with E-state index in [0.717, 1.165) is 37.7 Å². The van der Waals surface area contributed by atoms with Crippen LogP contribution in [-0.4, -0.2) is 47.1 Å². The number of fused-ring (bicyclic) bond motifs is 4. The number of rotatable bonds is 3. The van der Waals surface area contributed by atoms with Crippen molar-refractivity contribution in [3.63, 3.8) is 0 Å². The highest BCUT2D eigenvalue weighted by molar-refractivity contribution is 6.15. The molecule has 0 bridgehead atoms. The lowest BCUT2D eigenvalue weighted by molar-refractivity contribution is -0.155. The van der Waals surface area contributed by atoms with Crippen molar-refractivity contribution in [3.05, 3.63) is 23.3 Å². The van der Waals surface area contributed by atoms with E-state index in [9.17, 15) is 19.5 Å². The lowest BCUT2D eigenvalue weighted by atomic mass is 9.44. The lowest BCUT2D eigenvalue weighted by Crippen LogP contribution is -2.62. The molecule has 10 atom stereocenters. The smallest absolute Gasteiger partial charge is 0.336 e. The number of allylic oxidation sites excluding steroid dienone is 1. The Morgan fingerprint density at radius 1 is 1.09 bits per heavy atom. The van der Waals surface area contributed by atoms with E-state index in [0.29, 0.717) is 29.7 Å². The predicted octanol–water partition coefficient (Wildman–Crippen LogP) is 3.56. The van der Waals surface area contributed by atoms with E-state index in [-0.39, 0.29) is 53.6 Å². The summed E-state index contributed by atoms with van der Waals surface area (Å²) in [5.41, 5.74) is -0.202. The number of carbonyl (C=O) groups is 3. The van der Waals surface area contributed by atoms with E-state index in [1.54, 1.807) is 0 Å². The second-order valence-electron chi connectivity index (χ2n) is 12.4. The third-order valence-corrected chi connectivity index (χ3v) is 11.4. The summed E-state index contributed by atoms with van der Waals surface area (Å²) < 4.78 is 12.0. The van der Waals surface area contributed by atoms with Gasteiger partial charge in [-0.3, -0.25) is 9.59 Å². The van der Waals surface area contributed by atoms with E-state index in [2.05, 4.69) is 13.8 Å². The Morgan fingerprint density at radius 2 is 1.82 bits per heavy atom. The number of aliphatic hydroxyl groups is 1. The Hall–Kier alpha value is -1.79. The normalized spacial score (nSPS) is 50.2. The Balaban J connectivity index is 1.28. The molecule has 6 rings (SSSR count). The van der Waals surface area contributed by atoms with Crippen LogP contribution in [0.1, 0.15) is 66.2 Å². The zero-order chi connectivity index (χ0) is 24.2. The highest BCUT2D eigenvalue weighted by Gasteiger charge is 2.80. The van der Waals surface area contributed by atoms with Gasteiger partial charge in [0.2, 0.25) is 0 Å². The summed E-state index contributed by atoms with van der Waals surface area (Å²) in [6.45, 7) is 8.31. The summed E-state index contributed by atoms with van der Waals surface area (Å²) in [4.78, 5) is 38.6. The molecule has 6 heteroatoms. The first-order valence-electron chi connectivity index (χ1n) is 13.0. The van der Waals surface area contributed by atoms with Gasteiger partial charge in [0.15, 0.2) is 17.2 Å². The molecule has 6 aliphatic rings. The molecule has 0 radical (unpaired) electrons. The Labute approximate surface area is 201 Å². The Bertz CT molecular complexity index is 1040. The van der Waals surface area contributed by atoms with Gasteiger partial charge in [0.1, 0.15) is 6.10 Å². The molecule has 2 heterocycles. The van der Waals surface area contributed by atoms with Gasteiger partial charge in [-0.2, -0.15) is 0 Å². The first-order chi connectivity index (χ1) is 16.1. The third kappa shape index (κ3) is 2.57. The number of hydrogen-bond donors (Lipinski definition) is 1. The molecule has 6 nitrogen and oxygen atoms in total. The van der Waals surface area contributed by atoms with Crippen LogP contribution in [0.5, 0.6) is 0 Å². The summed E-state index contributed by atoms with van der Waals surface area (Å²) in [5.74, 6) is 1.36. The van der Waals surface area contributed by atoms with E-state index in [4.69, 9.17) is 9.47 Å². The van der Waals surface area contributed by atoms with Crippen molar-refractivity contribution in [3.8, 4) is 0 Å². The molecule has 34 heavy (non-hydrogen) atoms. The standard InChI is InChI=1S/C28H36O6/c1-14-11-21(33-25(32)17(14)13-29)15(2)18-5-6-19-16-12-24-28(34-24)23(31)8-7-22(30)27(28,4)20(16)9-10-26(18,19)3/h7-8,15-16,18-21,24,29H,5-6,9-13H2,1-4H3/t15-,16-,18+,19-,20-,21+,24+,26+,27-,28+/m0/s1. The topological polar surface area (TPSA) is 93.2 Å². The van der Waals surface area contributed by atoms with Crippen LogP contribution in [0, 0.1) is 40.4 Å². The molecule has 1 saturated heterocycles. The summed E-state index contributed by atoms with van der Waals surface area (Å²) in [5, 5.41) is 9.52. The molecule has 0 aromatic carbocycles. The van der Waals surface area contributed by atoms with Crippen LogP contribution in [0.15, 0.2) is 23.3 Å². The van der Waals surface area contributed by atoms with Crippen LogP contribution in [-0.2, 0) is 23.9 Å². The molecule has 4 aliphatic carbocycles. The quantitative estimate of drug-likeness (QED) is 0.503. The fourth-order valence-electron chi connectivity index (χ4n) is 9.51. The zero-order valence-electron chi connectivity index (χ0n) is 20.6. The van der Waals surface area contributed by atoms with Crippen molar-refractivity contribution in [1.82, 2.24) is 0 Å². The van der Waals surface area contributed by atoms with Gasteiger partial charge in [0.25, 0.3) is 0 Å². The molecule has 0 aromatic heterocycles. The van der Waals surface area contributed by atoms with E-state index in [1.165, 1.54) is 12.2 Å². The van der Waals surface area contributed by atoms with Crippen molar-refractivity contribution in [1.29, 1.82) is 0 Å². The van der Waals surface area contributed by atoms with E-state index >= 15 is 0 Å². The Kier molecular flexibility index (Phi) is 4.75. The summed E-state index contributed by atoms with van der Waals surface area (Å²) in [7, 11) is 0. The molecule has 0 aromatic rings. The van der Waals surface area contributed by atoms with E-state index in [1.807, 2.05) is 13.8 Å². The number of cyclic esters (lactones) is 1. The van der Waals surface area contributed by atoms with Gasteiger partial charge in [-0.25, -0.2) is 4.79 Å². The van der Waals surface area contributed by atoms with Crippen molar-refractivity contribution in [2.45, 2.75) is 84.0 Å². The maximum absolute atomic E-state index is 13.3. The minimum atomic E-state index is -0.913. The molecule has 2 aliphatic heterocycles. The minimum Gasteiger partial charge on any atom is -0.458 e. The molecule has 3 saturated carbocycles. The van der Waals surface area contributed by atoms with Crippen LogP contribution in [0.4, 0.5) is 0 Å². The summed E-state index contributed by atoms with van der Waals surface area (Å²) in [6.07, 6.45) is 8.35. The summed E-state index contributed by atoms with van der Waals surface area (Å²) in [6, 6.07) is 0. The van der Waals surface area contributed by atoms with Crippen molar-refractivity contribution in [2.24, 2.45) is 40.4 Å². The molecular formula is C28H36O6. The predicted molar refractivity (Wildman–Crippen MR) is 123 cm³/mol. The number of ether oxygens (including phenoxy) is 2.